The van der Waals surface area contributed by atoms with Gasteiger partial charge >= 0.3 is 11.3 Å². The smallest absolute Gasteiger partial charge is 0.402 e. The first-order valence-corrected chi connectivity index (χ1v) is 8.92. The molecule has 30 heavy (non-hydrogen) atoms. The Morgan fingerprint density at radius 1 is 0.867 bits per heavy atom. The van der Waals surface area contributed by atoms with Crippen molar-refractivity contribution in [2.45, 2.75) is 24.6 Å². The summed E-state index contributed by atoms with van der Waals surface area (Å²) in [5.41, 5.74) is 0.346. The number of rotatable bonds is 3. The average Bonchev–Trinajstić information content (AvgIpc) is 2.70. The fourth-order valence-electron chi connectivity index (χ4n) is 3.15. The van der Waals surface area contributed by atoms with Gasteiger partial charge in [-0.15, -0.1) is 0 Å². The van der Waals surface area contributed by atoms with Crippen molar-refractivity contribution in [3.8, 4) is 40.1 Å². The minimum Gasteiger partial charge on any atom is -0.507 e. The summed E-state index contributed by atoms with van der Waals surface area (Å²) in [6.07, 6.45) is -5.76. The molecule has 4 atom stereocenters. The predicted molar refractivity (Wildman–Crippen MR) is 101 cm³/mol. The molecule has 1 saturated heterocycles. The van der Waals surface area contributed by atoms with Crippen LogP contribution in [0.15, 0.2) is 40.8 Å². The van der Waals surface area contributed by atoms with Crippen LogP contribution in [0.1, 0.15) is 0 Å². The molecule has 0 aliphatic carbocycles. The SMILES string of the molecule is Oc1cc(O)c2cc(O[C@H]3OC[C@H](O)[C@H](O)[C@H]3O)c(-c3ccc(O)c(O)c3)[o+]c2c1. The third-order valence-corrected chi connectivity index (χ3v) is 4.75. The number of benzene rings is 2. The Morgan fingerprint density at radius 3 is 2.37 bits per heavy atom. The molecule has 158 valence electrons. The number of fused-ring (bicyclic) bond motifs is 1. The summed E-state index contributed by atoms with van der Waals surface area (Å²) in [7, 11) is 0. The molecule has 0 amide bonds. The van der Waals surface area contributed by atoms with E-state index in [4.69, 9.17) is 13.9 Å². The number of ether oxygens (including phenoxy) is 2. The van der Waals surface area contributed by atoms with E-state index in [0.717, 1.165) is 6.07 Å². The van der Waals surface area contributed by atoms with Gasteiger partial charge in [0.2, 0.25) is 12.0 Å². The van der Waals surface area contributed by atoms with E-state index in [9.17, 15) is 35.7 Å². The van der Waals surface area contributed by atoms with Gasteiger partial charge in [0, 0.05) is 18.2 Å². The molecule has 2 aromatic carbocycles. The van der Waals surface area contributed by atoms with Crippen LogP contribution < -0.4 is 4.74 Å². The lowest BCUT2D eigenvalue weighted by atomic mass is 10.1. The molecule has 10 nitrogen and oxygen atoms in total. The average molecular weight is 419 g/mol. The van der Waals surface area contributed by atoms with Crippen molar-refractivity contribution >= 4 is 11.0 Å². The Kier molecular flexibility index (Phi) is 5.00. The van der Waals surface area contributed by atoms with Gasteiger partial charge in [-0.2, -0.15) is 0 Å². The summed E-state index contributed by atoms with van der Waals surface area (Å²) in [4.78, 5) is 0. The molecule has 4 rings (SSSR count). The van der Waals surface area contributed by atoms with Crippen LogP contribution >= 0.6 is 0 Å². The number of aliphatic hydroxyl groups excluding tert-OH is 3. The molecular weight excluding hydrogens is 400 g/mol. The molecule has 0 radical (unpaired) electrons. The van der Waals surface area contributed by atoms with E-state index in [-0.39, 0.29) is 51.9 Å². The molecule has 1 aliphatic heterocycles. The van der Waals surface area contributed by atoms with Gasteiger partial charge in [-0.25, -0.2) is 4.42 Å². The van der Waals surface area contributed by atoms with Crippen molar-refractivity contribution in [2.75, 3.05) is 6.61 Å². The van der Waals surface area contributed by atoms with Crippen LogP contribution in [-0.2, 0) is 4.74 Å². The lowest BCUT2D eigenvalue weighted by Gasteiger charge is -2.34. The normalized spacial score (nSPS) is 24.1. The van der Waals surface area contributed by atoms with Crippen molar-refractivity contribution in [1.82, 2.24) is 0 Å². The summed E-state index contributed by atoms with van der Waals surface area (Å²) >= 11 is 0. The summed E-state index contributed by atoms with van der Waals surface area (Å²) in [5.74, 6) is -1.37. The van der Waals surface area contributed by atoms with E-state index in [1.165, 1.54) is 30.3 Å². The number of hydrogen-bond donors (Lipinski definition) is 7. The monoisotopic (exact) mass is 419 g/mol. The van der Waals surface area contributed by atoms with Gasteiger partial charge in [0.1, 0.15) is 35.2 Å². The highest BCUT2D eigenvalue weighted by Gasteiger charge is 2.40. The fraction of sp³-hybridized carbons (Fsp3) is 0.250. The lowest BCUT2D eigenvalue weighted by molar-refractivity contribution is -0.242. The van der Waals surface area contributed by atoms with Gasteiger partial charge in [-0.3, -0.25) is 0 Å². The molecule has 0 unspecified atom stereocenters. The molecule has 0 bridgehead atoms. The van der Waals surface area contributed by atoms with Gasteiger partial charge in [0.25, 0.3) is 0 Å². The highest BCUT2D eigenvalue weighted by molar-refractivity contribution is 5.88. The Hall–Kier alpha value is -3.31. The van der Waals surface area contributed by atoms with Crippen LogP contribution in [0.5, 0.6) is 28.7 Å². The number of aliphatic hydroxyl groups is 3. The Balaban J connectivity index is 1.84. The standard InChI is InChI=1S/C20H18O10/c21-9-4-12(23)10-6-16(30-20-18(27)17(26)14(25)7-28-20)19(29-15(10)5-9)8-1-2-11(22)13(24)3-8/h1-6,14,17-18,20,25-27H,7H2,(H3-,21,22,23,24)/p+1/t14-,17-,18+,20+/m0/s1. The highest BCUT2D eigenvalue weighted by Crippen LogP contribution is 2.41. The topological polar surface area (TPSA) is 171 Å². The molecular formula is C20H19O10+. The predicted octanol–water partition coefficient (Wildman–Crippen LogP) is 1.02. The maximum Gasteiger partial charge on any atom is 0.402 e. The Morgan fingerprint density at radius 2 is 1.63 bits per heavy atom. The third-order valence-electron chi connectivity index (χ3n) is 4.75. The second-order valence-electron chi connectivity index (χ2n) is 6.89. The molecule has 1 aliphatic rings. The quantitative estimate of drug-likeness (QED) is 0.240. The number of hydrogen-bond acceptors (Lipinski definition) is 9. The van der Waals surface area contributed by atoms with Crippen molar-refractivity contribution in [3.63, 3.8) is 0 Å². The van der Waals surface area contributed by atoms with Crippen molar-refractivity contribution in [3.05, 3.63) is 36.4 Å². The van der Waals surface area contributed by atoms with E-state index >= 15 is 0 Å². The maximum atomic E-state index is 10.2. The van der Waals surface area contributed by atoms with Crippen LogP contribution in [0.4, 0.5) is 0 Å². The third kappa shape index (κ3) is 3.53. The largest absolute Gasteiger partial charge is 0.507 e. The fourth-order valence-corrected chi connectivity index (χ4v) is 3.15. The zero-order valence-corrected chi connectivity index (χ0v) is 15.3. The molecule has 0 spiro atoms. The maximum absolute atomic E-state index is 10.2. The summed E-state index contributed by atoms with van der Waals surface area (Å²) in [6.45, 7) is -0.290. The van der Waals surface area contributed by atoms with E-state index in [0.29, 0.717) is 0 Å². The Bertz CT molecular complexity index is 1100. The molecule has 1 fully saturated rings. The highest BCUT2D eigenvalue weighted by atomic mass is 16.7. The number of phenols is 4. The van der Waals surface area contributed by atoms with Gasteiger partial charge < -0.3 is 45.2 Å². The minimum atomic E-state index is -1.58. The van der Waals surface area contributed by atoms with E-state index in [1.54, 1.807) is 0 Å². The van der Waals surface area contributed by atoms with Gasteiger partial charge in [0.15, 0.2) is 11.5 Å². The van der Waals surface area contributed by atoms with Gasteiger partial charge in [-0.1, -0.05) is 0 Å². The molecule has 10 heteroatoms. The zero-order chi connectivity index (χ0) is 21.6. The Labute approximate surface area is 169 Å². The molecule has 3 aromatic rings. The van der Waals surface area contributed by atoms with Gasteiger partial charge in [0.05, 0.1) is 18.2 Å². The van der Waals surface area contributed by atoms with Crippen LogP contribution in [0.2, 0.25) is 0 Å². The first kappa shape index (κ1) is 20.0. The first-order chi connectivity index (χ1) is 14.2. The zero-order valence-electron chi connectivity index (χ0n) is 15.3. The molecule has 0 saturated carbocycles. The van der Waals surface area contributed by atoms with E-state index in [1.807, 2.05) is 0 Å². The summed E-state index contributed by atoms with van der Waals surface area (Å²) < 4.78 is 16.7. The molecule has 7 N–H and O–H groups in total. The summed E-state index contributed by atoms with van der Waals surface area (Å²) in [6, 6.07) is 7.56. The second-order valence-corrected chi connectivity index (χ2v) is 6.89. The van der Waals surface area contributed by atoms with Crippen molar-refractivity contribution < 1.29 is 49.6 Å². The van der Waals surface area contributed by atoms with Crippen LogP contribution in [0.25, 0.3) is 22.3 Å². The molecule has 1 aromatic heterocycles. The van der Waals surface area contributed by atoms with Crippen LogP contribution in [-0.4, -0.2) is 67.0 Å². The van der Waals surface area contributed by atoms with Crippen LogP contribution in [0.3, 0.4) is 0 Å². The lowest BCUT2D eigenvalue weighted by Crippen LogP contribution is -2.54. The minimum absolute atomic E-state index is 0.0132. The second kappa shape index (κ2) is 7.50. The van der Waals surface area contributed by atoms with E-state index < -0.39 is 30.4 Å². The van der Waals surface area contributed by atoms with Crippen molar-refractivity contribution in [2.24, 2.45) is 0 Å². The first-order valence-electron chi connectivity index (χ1n) is 8.92. The number of aromatic hydroxyl groups is 4. The molecule has 2 heterocycles. The van der Waals surface area contributed by atoms with E-state index in [2.05, 4.69) is 0 Å². The van der Waals surface area contributed by atoms with Crippen LogP contribution in [0, 0.1) is 0 Å². The van der Waals surface area contributed by atoms with Gasteiger partial charge in [-0.05, 0) is 12.1 Å². The number of phenolic OH excluding ortho intramolecular Hbond substituents is 4. The van der Waals surface area contributed by atoms with Crippen molar-refractivity contribution in [1.29, 1.82) is 0 Å². The summed E-state index contributed by atoms with van der Waals surface area (Å²) in [5, 5.41) is 69.1.